The number of H-pyrrole nitrogens is 2. The first-order valence-corrected chi connectivity index (χ1v) is 18.5. The van der Waals surface area contributed by atoms with Crippen molar-refractivity contribution in [2.75, 3.05) is 61.4 Å². The monoisotopic (exact) mass is 706 g/mol. The molecule has 5 heterocycles. The highest BCUT2D eigenvalue weighted by Crippen LogP contribution is 2.40. The van der Waals surface area contributed by atoms with E-state index in [0.717, 1.165) is 80.2 Å². The van der Waals surface area contributed by atoms with E-state index in [2.05, 4.69) is 90.5 Å². The van der Waals surface area contributed by atoms with Crippen molar-refractivity contribution in [1.82, 2.24) is 40.0 Å². The molecule has 3 N–H and O–H groups in total. The van der Waals surface area contributed by atoms with Crippen molar-refractivity contribution in [2.24, 2.45) is 0 Å². The Morgan fingerprint density at radius 3 is 2.08 bits per heavy atom. The number of aryl methyl sites for hydroxylation is 4. The summed E-state index contributed by atoms with van der Waals surface area (Å²) in [5.41, 5.74) is 14.2. The molecule has 5 rings (SSSR count). The maximum Gasteiger partial charge on any atom is 0.222 e. The minimum absolute atomic E-state index is 0.0421. The van der Waals surface area contributed by atoms with Crippen molar-refractivity contribution in [3.05, 3.63) is 81.9 Å². The standard InChI is InChI=1S/C42H58N8O2/c1-12-30-27(4)35-21-33-25(2)26(3)34(44-33)22-36-28(5)31(13-15-41(51)43-17-18-48(7)8)39(46-36)24-40-32(29(6)37(47-40)23-38(30)45-35)14-16-42(52)50(11)20-19-49(9)10/h12,21-24,28,31,44,47H,1,13-20H2,2-11H3,(H,43,51). The lowest BCUT2D eigenvalue weighted by molar-refractivity contribution is -0.130. The summed E-state index contributed by atoms with van der Waals surface area (Å²) in [7, 11) is 9.92. The van der Waals surface area contributed by atoms with E-state index in [1.54, 1.807) is 0 Å². The van der Waals surface area contributed by atoms with Crippen molar-refractivity contribution in [3.8, 4) is 0 Å². The zero-order valence-corrected chi connectivity index (χ0v) is 33.0. The summed E-state index contributed by atoms with van der Waals surface area (Å²) in [5.74, 6) is 0.312. The molecule has 0 fully saturated rings. The second kappa shape index (κ2) is 16.4. The van der Waals surface area contributed by atoms with Gasteiger partial charge in [0.15, 0.2) is 0 Å². The molecule has 0 spiro atoms. The van der Waals surface area contributed by atoms with E-state index in [1.807, 2.05) is 46.2 Å². The van der Waals surface area contributed by atoms with Gasteiger partial charge in [-0.3, -0.25) is 14.6 Å². The lowest BCUT2D eigenvalue weighted by Crippen LogP contribution is -2.33. The van der Waals surface area contributed by atoms with Crippen molar-refractivity contribution in [2.45, 2.75) is 72.1 Å². The predicted molar refractivity (Wildman–Crippen MR) is 214 cm³/mol. The van der Waals surface area contributed by atoms with Gasteiger partial charge < -0.3 is 30.0 Å². The lowest BCUT2D eigenvalue weighted by atomic mass is 9.87. The van der Waals surface area contributed by atoms with Crippen LogP contribution in [-0.4, -0.2) is 108 Å². The highest BCUT2D eigenvalue weighted by Gasteiger charge is 2.30. The molecule has 2 aliphatic rings. The van der Waals surface area contributed by atoms with E-state index in [-0.39, 0.29) is 23.7 Å². The van der Waals surface area contributed by atoms with Crippen molar-refractivity contribution in [3.63, 3.8) is 0 Å². The number of hydrogen-bond donors (Lipinski definition) is 3. The fraction of sp³-hybridized carbons (Fsp3) is 0.476. The van der Waals surface area contributed by atoms with Gasteiger partial charge in [-0.25, -0.2) is 4.98 Å². The van der Waals surface area contributed by atoms with Gasteiger partial charge in [-0.2, -0.15) is 0 Å². The van der Waals surface area contributed by atoms with E-state index in [9.17, 15) is 9.59 Å². The van der Waals surface area contributed by atoms with Gasteiger partial charge in [-0.15, -0.1) is 0 Å². The third-order valence-corrected chi connectivity index (χ3v) is 10.9. The third-order valence-electron chi connectivity index (χ3n) is 10.9. The van der Waals surface area contributed by atoms with Gasteiger partial charge in [0.05, 0.1) is 11.4 Å². The molecule has 0 saturated carbocycles. The van der Waals surface area contributed by atoms with E-state index < -0.39 is 0 Å². The number of likely N-dealkylation sites (N-methyl/N-ethyl adjacent to an activating group) is 3. The Labute approximate surface area is 309 Å². The van der Waals surface area contributed by atoms with E-state index >= 15 is 0 Å². The molecule has 52 heavy (non-hydrogen) atoms. The van der Waals surface area contributed by atoms with Crippen LogP contribution in [0.1, 0.15) is 90.0 Å². The number of amides is 2. The Morgan fingerprint density at radius 2 is 1.40 bits per heavy atom. The van der Waals surface area contributed by atoms with Crippen LogP contribution < -0.4 is 5.32 Å². The summed E-state index contributed by atoms with van der Waals surface area (Å²) < 4.78 is 0. The second-order valence-corrected chi connectivity index (χ2v) is 15.1. The molecule has 8 bridgehead atoms. The number of carbonyl (C=O) groups is 2. The molecule has 3 aromatic heterocycles. The summed E-state index contributed by atoms with van der Waals surface area (Å²) in [4.78, 5) is 50.0. The van der Waals surface area contributed by atoms with Gasteiger partial charge in [0.2, 0.25) is 11.8 Å². The summed E-state index contributed by atoms with van der Waals surface area (Å²) in [5, 5.41) is 3.08. The van der Waals surface area contributed by atoms with Crippen molar-refractivity contribution >= 4 is 45.0 Å². The summed E-state index contributed by atoms with van der Waals surface area (Å²) in [6.45, 7) is 17.8. The Hall–Kier alpha value is -4.54. The molecule has 0 saturated heterocycles. The molecule has 278 valence electrons. The number of allylic oxidation sites excluding steroid dienone is 3. The number of hydrogen-bond acceptors (Lipinski definition) is 6. The highest BCUT2D eigenvalue weighted by atomic mass is 16.2. The maximum atomic E-state index is 13.3. The van der Waals surface area contributed by atoms with Gasteiger partial charge in [0, 0.05) is 96.9 Å². The Balaban J connectivity index is 1.68. The van der Waals surface area contributed by atoms with Crippen molar-refractivity contribution < 1.29 is 9.59 Å². The van der Waals surface area contributed by atoms with E-state index in [4.69, 9.17) is 9.97 Å². The van der Waals surface area contributed by atoms with Gasteiger partial charge in [0.1, 0.15) is 0 Å². The number of carbonyl (C=O) groups excluding carboxylic acids is 2. The first kappa shape index (κ1) is 38.7. The summed E-state index contributed by atoms with van der Waals surface area (Å²) in [6.07, 6.45) is 3.95. The molecule has 2 atom stereocenters. The molecular formula is C42H58N8O2. The van der Waals surface area contributed by atoms with Crippen LogP contribution in [0.5, 0.6) is 0 Å². The zero-order chi connectivity index (χ0) is 37.9. The topological polar surface area (TPSA) is 113 Å². The van der Waals surface area contributed by atoms with Crippen LogP contribution in [0, 0.1) is 20.8 Å². The largest absolute Gasteiger partial charge is 0.355 e. The number of fused-ring (bicyclic) bond motifs is 8. The SMILES string of the molecule is C=CC1=C(C)c2cc3[nH]c(cc4nc(cc5[nH]c(cc1n2)c(C)c5CCC(=O)N(C)CCN(C)C)C(CCC(=O)NCCN(C)C)C4C)c(C)c3C. The number of nitrogens with zero attached hydrogens (tertiary/aromatic N) is 5. The number of aromatic amines is 2. The van der Waals surface area contributed by atoms with Crippen LogP contribution in [0.2, 0.25) is 0 Å². The van der Waals surface area contributed by atoms with Crippen LogP contribution in [0.3, 0.4) is 0 Å². The number of aromatic nitrogens is 4. The van der Waals surface area contributed by atoms with E-state index in [1.165, 1.54) is 11.1 Å². The predicted octanol–water partition coefficient (Wildman–Crippen LogP) is 6.65. The summed E-state index contributed by atoms with van der Waals surface area (Å²) in [6, 6.07) is 8.57. The molecule has 0 aromatic carbocycles. The average molecular weight is 707 g/mol. The lowest BCUT2D eigenvalue weighted by Gasteiger charge is -2.19. The molecule has 10 heteroatoms. The molecule has 0 aliphatic carbocycles. The average Bonchev–Trinajstić information content (AvgIpc) is 3.74. The van der Waals surface area contributed by atoms with Gasteiger partial charge in [0.25, 0.3) is 0 Å². The Morgan fingerprint density at radius 1 is 0.788 bits per heavy atom. The van der Waals surface area contributed by atoms with Gasteiger partial charge in [-0.05, 0) is 121 Å². The number of nitrogens with one attached hydrogen (secondary N) is 3. The smallest absolute Gasteiger partial charge is 0.222 e. The second-order valence-electron chi connectivity index (χ2n) is 15.1. The van der Waals surface area contributed by atoms with E-state index in [0.29, 0.717) is 38.8 Å². The quantitative estimate of drug-likeness (QED) is 0.184. The van der Waals surface area contributed by atoms with Crippen LogP contribution >= 0.6 is 0 Å². The summed E-state index contributed by atoms with van der Waals surface area (Å²) >= 11 is 0. The van der Waals surface area contributed by atoms with Crippen molar-refractivity contribution in [1.29, 1.82) is 0 Å². The molecule has 2 amide bonds. The van der Waals surface area contributed by atoms with Gasteiger partial charge >= 0.3 is 0 Å². The highest BCUT2D eigenvalue weighted by molar-refractivity contribution is 5.97. The fourth-order valence-corrected chi connectivity index (χ4v) is 7.16. The molecule has 2 unspecified atom stereocenters. The zero-order valence-electron chi connectivity index (χ0n) is 33.0. The number of rotatable bonds is 13. The van der Waals surface area contributed by atoms with Gasteiger partial charge in [-0.1, -0.05) is 19.6 Å². The Bertz CT molecular complexity index is 2030. The Kier molecular flexibility index (Phi) is 12.2. The van der Waals surface area contributed by atoms with Crippen LogP contribution in [0.25, 0.3) is 33.2 Å². The molecule has 0 radical (unpaired) electrons. The minimum Gasteiger partial charge on any atom is -0.355 e. The molecule has 2 aliphatic heterocycles. The fourth-order valence-electron chi connectivity index (χ4n) is 7.16. The van der Waals surface area contributed by atoms with Crippen LogP contribution in [-0.2, 0) is 16.0 Å². The normalized spacial score (nSPS) is 15.8. The molecule has 10 nitrogen and oxygen atoms in total. The molecule has 3 aromatic rings. The first-order valence-electron chi connectivity index (χ1n) is 18.5. The first-order chi connectivity index (χ1) is 24.7. The van der Waals surface area contributed by atoms with Crippen LogP contribution in [0.4, 0.5) is 0 Å². The molecular weight excluding hydrogens is 649 g/mol. The minimum atomic E-state index is 0.0421. The maximum absolute atomic E-state index is 13.3. The third kappa shape index (κ3) is 8.56. The van der Waals surface area contributed by atoms with Crippen LogP contribution in [0.15, 0.2) is 36.9 Å².